The van der Waals surface area contributed by atoms with E-state index in [2.05, 4.69) is 71.6 Å². The normalized spacial score (nSPS) is 11.4. The lowest BCUT2D eigenvalue weighted by Crippen LogP contribution is -2.21. The maximum atomic E-state index is 7.47. The van der Waals surface area contributed by atoms with Crippen LogP contribution in [0.1, 0.15) is 37.5 Å². The number of nitrogens with one attached hydrogen (secondary N) is 2. The van der Waals surface area contributed by atoms with Crippen molar-refractivity contribution >= 4 is 24.2 Å². The molecule has 0 aliphatic heterocycles. The zero-order valence-electron chi connectivity index (χ0n) is 16.6. The second kappa shape index (κ2) is 9.48. The summed E-state index contributed by atoms with van der Waals surface area (Å²) in [6.07, 6.45) is 1.69. The molecule has 26 heavy (non-hydrogen) atoms. The molecule has 4 N–H and O–H groups in total. The average Bonchev–Trinajstić information content (AvgIpc) is 2.49. The number of amidine groups is 1. The molecule has 0 heterocycles. The molecule has 2 rings (SSSR count). The highest BCUT2D eigenvalue weighted by Gasteiger charge is 2.19. The van der Waals surface area contributed by atoms with Gasteiger partial charge in [0.25, 0.3) is 0 Å². The van der Waals surface area contributed by atoms with E-state index in [0.717, 1.165) is 16.3 Å². The van der Waals surface area contributed by atoms with Crippen LogP contribution < -0.4 is 11.1 Å². The smallest absolute Gasteiger partial charge is 0.117 e. The van der Waals surface area contributed by atoms with Gasteiger partial charge in [-0.15, -0.1) is 12.6 Å². The fraction of sp³-hybridized carbons (Fsp3) is 0.318. The fourth-order valence-corrected chi connectivity index (χ4v) is 2.71. The number of hydrogen-bond acceptors (Lipinski definition) is 3. The van der Waals surface area contributed by atoms with E-state index < -0.39 is 0 Å². The molecule has 0 atom stereocenters. The van der Waals surface area contributed by atoms with Crippen LogP contribution in [0.2, 0.25) is 0 Å². The number of hydrogen-bond donors (Lipinski definition) is 4. The number of benzene rings is 2. The molecule has 0 spiro atoms. The molecule has 0 aliphatic rings. The van der Waals surface area contributed by atoms with Gasteiger partial charge in [0.15, 0.2) is 0 Å². The average molecular weight is 370 g/mol. The van der Waals surface area contributed by atoms with Gasteiger partial charge < -0.3 is 11.1 Å². The van der Waals surface area contributed by atoms with E-state index in [1.54, 1.807) is 6.08 Å². The van der Waals surface area contributed by atoms with Gasteiger partial charge in [0.05, 0.1) is 0 Å². The molecule has 2 aromatic rings. The minimum Gasteiger partial charge on any atom is -0.384 e. The third-order valence-electron chi connectivity index (χ3n) is 3.80. The Morgan fingerprint density at radius 1 is 1.04 bits per heavy atom. The zero-order chi connectivity index (χ0) is 19.9. The lowest BCUT2D eigenvalue weighted by molar-refractivity contribution is 0.508. The molecular formula is C22H31N3S. The number of aryl methyl sites for hydroxylation is 3. The van der Waals surface area contributed by atoms with Gasteiger partial charge in [-0.25, -0.2) is 0 Å². The summed E-state index contributed by atoms with van der Waals surface area (Å²) in [5.74, 6) is 0.0693. The quantitative estimate of drug-likeness (QED) is 0.311. The van der Waals surface area contributed by atoms with Crippen LogP contribution in [0, 0.1) is 31.6 Å². The maximum absolute atomic E-state index is 7.47. The van der Waals surface area contributed by atoms with E-state index in [1.807, 2.05) is 30.3 Å². The molecule has 0 saturated heterocycles. The van der Waals surface area contributed by atoms with Crippen molar-refractivity contribution in [2.45, 2.75) is 46.4 Å². The van der Waals surface area contributed by atoms with Crippen LogP contribution in [0.25, 0.3) is 0 Å². The molecule has 0 aromatic heterocycles. The molecule has 0 aliphatic carbocycles. The first kappa shape index (κ1) is 21.8. The Balaban J connectivity index is 0.000000401. The number of thiol groups is 1. The van der Waals surface area contributed by atoms with E-state index in [0.29, 0.717) is 0 Å². The Morgan fingerprint density at radius 2 is 1.54 bits per heavy atom. The van der Waals surface area contributed by atoms with Crippen LogP contribution in [0.5, 0.6) is 0 Å². The monoisotopic (exact) mass is 369 g/mol. The van der Waals surface area contributed by atoms with Gasteiger partial charge >= 0.3 is 0 Å². The van der Waals surface area contributed by atoms with Crippen LogP contribution in [0.3, 0.4) is 0 Å². The summed E-state index contributed by atoms with van der Waals surface area (Å²) in [4.78, 5) is 1.02. The molecule has 4 heteroatoms. The van der Waals surface area contributed by atoms with Crippen molar-refractivity contribution in [1.82, 2.24) is 0 Å². The van der Waals surface area contributed by atoms with Crippen LogP contribution in [0.4, 0.5) is 5.69 Å². The third kappa shape index (κ3) is 7.36. The van der Waals surface area contributed by atoms with Crippen LogP contribution in [-0.4, -0.2) is 5.84 Å². The molecular weight excluding hydrogens is 338 g/mol. The van der Waals surface area contributed by atoms with E-state index >= 15 is 0 Å². The van der Waals surface area contributed by atoms with Crippen molar-refractivity contribution in [3.8, 4) is 0 Å². The standard InChI is InChI=1S/C16H25N3.C6H6S/c1-10-7-11(2)15(12(3)8-10)19-13(9-14(17)18)16(4,5)6;7-6-4-2-1-3-5-6/h7-9,19H,1-6H3,(H3,17,18);1-5,7H/b13-9-;. The Morgan fingerprint density at radius 3 is 1.88 bits per heavy atom. The first-order valence-corrected chi connectivity index (χ1v) is 9.10. The summed E-state index contributed by atoms with van der Waals surface area (Å²) in [6, 6.07) is 14.1. The van der Waals surface area contributed by atoms with Gasteiger partial charge in [-0.2, -0.15) is 0 Å². The Hall–Kier alpha value is -2.20. The van der Waals surface area contributed by atoms with Gasteiger partial charge in [-0.3, -0.25) is 5.41 Å². The first-order valence-electron chi connectivity index (χ1n) is 8.66. The molecule has 2 aromatic carbocycles. The number of nitrogens with two attached hydrogens (primary N) is 1. The third-order valence-corrected chi connectivity index (χ3v) is 4.10. The predicted molar refractivity (Wildman–Crippen MR) is 117 cm³/mol. The Labute approximate surface area is 163 Å². The first-order chi connectivity index (χ1) is 12.0. The highest BCUT2D eigenvalue weighted by atomic mass is 32.1. The van der Waals surface area contributed by atoms with Crippen LogP contribution in [0.15, 0.2) is 59.1 Å². The lowest BCUT2D eigenvalue weighted by atomic mass is 9.90. The molecule has 0 unspecified atom stereocenters. The molecule has 0 fully saturated rings. The topological polar surface area (TPSA) is 61.9 Å². The van der Waals surface area contributed by atoms with Crippen molar-refractivity contribution in [2.24, 2.45) is 11.1 Å². The second-order valence-corrected chi connectivity index (χ2v) is 8.01. The van der Waals surface area contributed by atoms with Gasteiger partial charge in [0.2, 0.25) is 0 Å². The van der Waals surface area contributed by atoms with E-state index in [1.165, 1.54) is 16.7 Å². The summed E-state index contributed by atoms with van der Waals surface area (Å²) in [5, 5.41) is 10.9. The lowest BCUT2D eigenvalue weighted by Gasteiger charge is -2.26. The number of allylic oxidation sites excluding steroid dienone is 1. The predicted octanol–water partition coefficient (Wildman–Crippen LogP) is 5.87. The summed E-state index contributed by atoms with van der Waals surface area (Å²) >= 11 is 4.08. The van der Waals surface area contributed by atoms with Crippen molar-refractivity contribution in [2.75, 3.05) is 5.32 Å². The minimum absolute atomic E-state index is 0.0693. The molecule has 0 radical (unpaired) electrons. The number of rotatable bonds is 3. The van der Waals surface area contributed by atoms with E-state index in [-0.39, 0.29) is 11.3 Å². The van der Waals surface area contributed by atoms with Crippen molar-refractivity contribution in [1.29, 1.82) is 5.41 Å². The SMILES string of the molecule is Cc1cc(C)c(N/C(=C\C(=N)N)C(C)(C)C)c(C)c1.Sc1ccccc1. The Bertz CT molecular complexity index is 749. The Kier molecular flexibility index (Phi) is 7.97. The van der Waals surface area contributed by atoms with E-state index in [9.17, 15) is 0 Å². The van der Waals surface area contributed by atoms with Gasteiger partial charge in [0.1, 0.15) is 5.84 Å². The maximum Gasteiger partial charge on any atom is 0.117 e. The second-order valence-electron chi connectivity index (χ2n) is 7.50. The fourth-order valence-electron chi connectivity index (χ4n) is 2.54. The van der Waals surface area contributed by atoms with Crippen LogP contribution >= 0.6 is 12.6 Å². The molecule has 0 saturated carbocycles. The van der Waals surface area contributed by atoms with Crippen molar-refractivity contribution < 1.29 is 0 Å². The highest BCUT2D eigenvalue weighted by molar-refractivity contribution is 7.80. The minimum atomic E-state index is -0.0879. The largest absolute Gasteiger partial charge is 0.384 e. The van der Waals surface area contributed by atoms with Crippen molar-refractivity contribution in [3.05, 3.63) is 70.9 Å². The van der Waals surface area contributed by atoms with Gasteiger partial charge in [-0.1, -0.05) is 56.7 Å². The molecule has 140 valence electrons. The molecule has 0 bridgehead atoms. The van der Waals surface area contributed by atoms with Gasteiger partial charge in [-0.05, 0) is 50.1 Å². The molecule has 0 amide bonds. The van der Waals surface area contributed by atoms with Crippen molar-refractivity contribution in [3.63, 3.8) is 0 Å². The van der Waals surface area contributed by atoms with Crippen LogP contribution in [-0.2, 0) is 0 Å². The summed E-state index contributed by atoms with van der Waals surface area (Å²) < 4.78 is 0. The summed E-state index contributed by atoms with van der Waals surface area (Å²) in [6.45, 7) is 12.6. The summed E-state index contributed by atoms with van der Waals surface area (Å²) in [5.41, 5.74) is 11.1. The summed E-state index contributed by atoms with van der Waals surface area (Å²) in [7, 11) is 0. The molecule has 3 nitrogen and oxygen atoms in total. The number of anilines is 1. The zero-order valence-corrected chi connectivity index (χ0v) is 17.5. The highest BCUT2D eigenvalue weighted by Crippen LogP contribution is 2.30. The van der Waals surface area contributed by atoms with E-state index in [4.69, 9.17) is 11.1 Å². The van der Waals surface area contributed by atoms with Gasteiger partial charge in [0, 0.05) is 21.7 Å².